The van der Waals surface area contributed by atoms with Gasteiger partial charge in [-0.1, -0.05) is 13.5 Å². The molecule has 0 saturated carbocycles. The van der Waals surface area contributed by atoms with Gasteiger partial charge in [0.2, 0.25) is 11.8 Å². The van der Waals surface area contributed by atoms with Crippen LogP contribution in [0.25, 0.3) is 0 Å². The van der Waals surface area contributed by atoms with E-state index in [0.29, 0.717) is 19.5 Å². The molecule has 2 amide bonds. The van der Waals surface area contributed by atoms with Crippen LogP contribution in [0.15, 0.2) is 18.9 Å². The molecule has 0 aliphatic carbocycles. The zero-order valence-electron chi connectivity index (χ0n) is 13.8. The quantitative estimate of drug-likeness (QED) is 0.758. The Hall–Kier alpha value is -2.32. The van der Waals surface area contributed by atoms with Gasteiger partial charge in [-0.2, -0.15) is 13.2 Å². The third kappa shape index (κ3) is 3.27. The number of fused-ring (bicyclic) bond motifs is 1. The van der Waals surface area contributed by atoms with Gasteiger partial charge in [-0.05, 0) is 18.4 Å². The van der Waals surface area contributed by atoms with Gasteiger partial charge in [0, 0.05) is 25.8 Å². The molecule has 0 radical (unpaired) electrons. The molecule has 0 bridgehead atoms. The SMILES string of the molecule is C=CC(=O)N1C[C@H](C)C[C@H]1C(=O)N1CCn2cc(C(F)(F)F)nc2C1. The van der Waals surface area contributed by atoms with Gasteiger partial charge in [-0.15, -0.1) is 0 Å². The Bertz CT molecular complexity index is 713. The van der Waals surface area contributed by atoms with E-state index in [2.05, 4.69) is 11.6 Å². The highest BCUT2D eigenvalue weighted by atomic mass is 19.4. The average Bonchev–Trinajstić information content (AvgIpc) is 3.15. The number of aromatic nitrogens is 2. The summed E-state index contributed by atoms with van der Waals surface area (Å²) >= 11 is 0. The van der Waals surface area contributed by atoms with E-state index in [1.807, 2.05) is 6.92 Å². The number of alkyl halides is 3. The second kappa shape index (κ2) is 6.20. The van der Waals surface area contributed by atoms with E-state index in [1.165, 1.54) is 20.4 Å². The van der Waals surface area contributed by atoms with E-state index < -0.39 is 17.9 Å². The first kappa shape index (κ1) is 17.5. The first-order chi connectivity index (χ1) is 11.7. The number of imidazole rings is 1. The molecule has 1 aromatic heterocycles. The Morgan fingerprint density at radius 1 is 1.36 bits per heavy atom. The second-order valence-corrected chi connectivity index (χ2v) is 6.54. The van der Waals surface area contributed by atoms with Crippen LogP contribution in [-0.2, 0) is 28.9 Å². The first-order valence-electron chi connectivity index (χ1n) is 8.05. The van der Waals surface area contributed by atoms with Gasteiger partial charge in [0.1, 0.15) is 11.9 Å². The van der Waals surface area contributed by atoms with E-state index >= 15 is 0 Å². The Morgan fingerprint density at radius 3 is 2.72 bits per heavy atom. The van der Waals surface area contributed by atoms with Crippen molar-refractivity contribution in [2.45, 2.75) is 38.7 Å². The van der Waals surface area contributed by atoms with Crippen molar-refractivity contribution in [3.63, 3.8) is 0 Å². The van der Waals surface area contributed by atoms with Crippen molar-refractivity contribution >= 4 is 11.8 Å². The van der Waals surface area contributed by atoms with Crippen LogP contribution in [0.4, 0.5) is 13.2 Å². The lowest BCUT2D eigenvalue weighted by Crippen LogP contribution is -2.49. The lowest BCUT2D eigenvalue weighted by Gasteiger charge is -2.32. The molecule has 3 heterocycles. The number of halogens is 3. The highest BCUT2D eigenvalue weighted by Crippen LogP contribution is 2.30. The molecule has 0 spiro atoms. The van der Waals surface area contributed by atoms with E-state index in [9.17, 15) is 22.8 Å². The molecule has 0 N–H and O–H groups in total. The maximum absolute atomic E-state index is 12.8. The molecule has 2 aliphatic rings. The maximum Gasteiger partial charge on any atom is 0.434 e. The number of hydrogen-bond donors (Lipinski definition) is 0. The fourth-order valence-electron chi connectivity index (χ4n) is 3.43. The first-order valence-corrected chi connectivity index (χ1v) is 8.05. The predicted molar refractivity (Wildman–Crippen MR) is 82.1 cm³/mol. The topological polar surface area (TPSA) is 58.4 Å². The molecule has 1 saturated heterocycles. The summed E-state index contributed by atoms with van der Waals surface area (Å²) in [5, 5.41) is 0. The monoisotopic (exact) mass is 356 g/mol. The summed E-state index contributed by atoms with van der Waals surface area (Å²) < 4.78 is 39.8. The normalized spacial score (nSPS) is 23.5. The summed E-state index contributed by atoms with van der Waals surface area (Å²) in [5.41, 5.74) is -0.949. The summed E-state index contributed by atoms with van der Waals surface area (Å²) in [6.45, 7) is 6.44. The van der Waals surface area contributed by atoms with Gasteiger partial charge in [0.15, 0.2) is 5.69 Å². The molecule has 9 heteroatoms. The van der Waals surface area contributed by atoms with Crippen molar-refractivity contribution in [2.24, 2.45) is 5.92 Å². The van der Waals surface area contributed by atoms with E-state index in [4.69, 9.17) is 0 Å². The lowest BCUT2D eigenvalue weighted by atomic mass is 10.1. The van der Waals surface area contributed by atoms with Crippen molar-refractivity contribution in [2.75, 3.05) is 13.1 Å². The molecule has 0 aromatic carbocycles. The molecular weight excluding hydrogens is 337 g/mol. The minimum atomic E-state index is -4.51. The predicted octanol–water partition coefficient (Wildman–Crippen LogP) is 1.67. The largest absolute Gasteiger partial charge is 0.434 e. The van der Waals surface area contributed by atoms with E-state index in [1.54, 1.807) is 0 Å². The number of hydrogen-bond acceptors (Lipinski definition) is 3. The standard InChI is InChI=1S/C16H19F3N4O2/c1-3-14(24)23-7-10(2)6-11(23)15(25)22-5-4-21-8-12(16(17,18)19)20-13(21)9-22/h3,8,10-11H,1,4-7,9H2,2H3/t10-,11+/m1/s1. The summed E-state index contributed by atoms with van der Waals surface area (Å²) in [6.07, 6.45) is -1.82. The fraction of sp³-hybridized carbons (Fsp3) is 0.562. The third-order valence-electron chi connectivity index (χ3n) is 4.66. The van der Waals surface area contributed by atoms with Crippen LogP contribution in [0.1, 0.15) is 24.9 Å². The van der Waals surface area contributed by atoms with Gasteiger partial charge in [-0.25, -0.2) is 4.98 Å². The molecule has 3 rings (SSSR count). The van der Waals surface area contributed by atoms with Crippen LogP contribution < -0.4 is 0 Å². The maximum atomic E-state index is 12.8. The molecule has 2 aliphatic heterocycles. The van der Waals surface area contributed by atoms with E-state index in [-0.39, 0.29) is 36.6 Å². The molecule has 2 atom stereocenters. The summed E-state index contributed by atoms with van der Waals surface area (Å²) in [5.74, 6) is -0.163. The van der Waals surface area contributed by atoms with Gasteiger partial charge in [-0.3, -0.25) is 9.59 Å². The van der Waals surface area contributed by atoms with E-state index in [0.717, 1.165) is 6.20 Å². The second-order valence-electron chi connectivity index (χ2n) is 6.54. The molecule has 0 unspecified atom stereocenters. The van der Waals surface area contributed by atoms with Gasteiger partial charge in [0.25, 0.3) is 0 Å². The van der Waals surface area contributed by atoms with Gasteiger partial charge < -0.3 is 14.4 Å². The van der Waals surface area contributed by atoms with Crippen molar-refractivity contribution in [3.05, 3.63) is 30.4 Å². The summed E-state index contributed by atoms with van der Waals surface area (Å²) in [6, 6.07) is -0.593. The Labute approximate surface area is 142 Å². The van der Waals surface area contributed by atoms with Crippen molar-refractivity contribution in [1.82, 2.24) is 19.4 Å². The third-order valence-corrected chi connectivity index (χ3v) is 4.66. The fourth-order valence-corrected chi connectivity index (χ4v) is 3.43. The van der Waals surface area contributed by atoms with Crippen LogP contribution in [0.2, 0.25) is 0 Å². The van der Waals surface area contributed by atoms with Crippen LogP contribution in [0.3, 0.4) is 0 Å². The number of amides is 2. The number of carbonyl (C=O) groups is 2. The highest BCUT2D eigenvalue weighted by molar-refractivity contribution is 5.93. The summed E-state index contributed by atoms with van der Waals surface area (Å²) in [4.78, 5) is 31.4. The zero-order chi connectivity index (χ0) is 18.4. The Kier molecular flexibility index (Phi) is 4.34. The molecule has 1 aromatic rings. The molecular formula is C16H19F3N4O2. The highest BCUT2D eigenvalue weighted by Gasteiger charge is 2.41. The Morgan fingerprint density at radius 2 is 2.08 bits per heavy atom. The summed E-state index contributed by atoms with van der Waals surface area (Å²) in [7, 11) is 0. The van der Waals surface area contributed by atoms with Crippen LogP contribution >= 0.6 is 0 Å². The number of carbonyl (C=O) groups excluding carboxylic acids is 2. The van der Waals surface area contributed by atoms with Crippen molar-refractivity contribution in [3.8, 4) is 0 Å². The van der Waals surface area contributed by atoms with Gasteiger partial charge in [0.05, 0.1) is 6.54 Å². The number of likely N-dealkylation sites (tertiary alicyclic amines) is 1. The van der Waals surface area contributed by atoms with Gasteiger partial charge >= 0.3 is 6.18 Å². The Balaban J connectivity index is 1.77. The average molecular weight is 356 g/mol. The number of rotatable bonds is 2. The zero-order valence-corrected chi connectivity index (χ0v) is 13.8. The minimum Gasteiger partial charge on any atom is -0.332 e. The van der Waals surface area contributed by atoms with Crippen LogP contribution in [0.5, 0.6) is 0 Å². The molecule has 1 fully saturated rings. The molecule has 6 nitrogen and oxygen atoms in total. The smallest absolute Gasteiger partial charge is 0.332 e. The lowest BCUT2D eigenvalue weighted by molar-refractivity contribution is -0.142. The minimum absolute atomic E-state index is 0.00984. The molecule has 25 heavy (non-hydrogen) atoms. The van der Waals surface area contributed by atoms with Crippen LogP contribution in [0, 0.1) is 5.92 Å². The van der Waals surface area contributed by atoms with Crippen molar-refractivity contribution < 1.29 is 22.8 Å². The van der Waals surface area contributed by atoms with Crippen LogP contribution in [-0.4, -0.2) is 50.3 Å². The molecule has 136 valence electrons. The van der Waals surface area contributed by atoms with Crippen molar-refractivity contribution in [1.29, 1.82) is 0 Å². The number of nitrogens with zero attached hydrogens (tertiary/aromatic N) is 4.